The van der Waals surface area contributed by atoms with E-state index in [9.17, 15) is 9.59 Å². The number of rotatable bonds is 5. The highest BCUT2D eigenvalue weighted by atomic mass is 16.5. The largest absolute Gasteiger partial charge is 0.464 e. The summed E-state index contributed by atoms with van der Waals surface area (Å²) in [5.74, 6) is -0.835. The molecule has 1 heterocycles. The number of amides is 1. The molecule has 1 amide bonds. The molecule has 0 saturated carbocycles. The lowest BCUT2D eigenvalue weighted by atomic mass is 10.0. The first-order chi connectivity index (χ1) is 12.8. The van der Waals surface area contributed by atoms with E-state index in [0.29, 0.717) is 5.69 Å². The monoisotopic (exact) mass is 365 g/mol. The zero-order valence-corrected chi connectivity index (χ0v) is 16.0. The van der Waals surface area contributed by atoms with Crippen LogP contribution in [0.3, 0.4) is 0 Å². The number of nitrogens with one attached hydrogen (secondary N) is 1. The van der Waals surface area contributed by atoms with Crippen LogP contribution in [0.15, 0.2) is 47.1 Å². The number of anilines is 1. The molecule has 27 heavy (non-hydrogen) atoms. The molecule has 140 valence electrons. The van der Waals surface area contributed by atoms with Gasteiger partial charge >= 0.3 is 5.97 Å². The van der Waals surface area contributed by atoms with Gasteiger partial charge in [-0.15, -0.1) is 0 Å². The Hall–Kier alpha value is -3.08. The average molecular weight is 365 g/mol. The van der Waals surface area contributed by atoms with Crippen LogP contribution in [0, 0.1) is 20.8 Å². The van der Waals surface area contributed by atoms with Gasteiger partial charge in [0.2, 0.25) is 0 Å². The van der Waals surface area contributed by atoms with E-state index in [0.717, 1.165) is 33.2 Å². The number of ether oxygens (including phenoxy) is 1. The van der Waals surface area contributed by atoms with Crippen molar-refractivity contribution >= 4 is 28.5 Å². The normalized spacial score (nSPS) is 12.0. The second-order valence-corrected chi connectivity index (χ2v) is 6.81. The lowest BCUT2D eigenvalue weighted by molar-refractivity contribution is -0.152. The molecular formula is C22H23NO4. The number of furan rings is 1. The van der Waals surface area contributed by atoms with Crippen molar-refractivity contribution in [2.45, 2.75) is 40.2 Å². The number of hydrogen-bond acceptors (Lipinski definition) is 4. The third-order valence-electron chi connectivity index (χ3n) is 4.67. The standard InChI is InChI=1S/C22H23NO4/c1-13-5-8-18(9-6-13)23-22(25)16(4)27-20(24)11-17-12-26-21-15(3)14(2)7-10-19(17)21/h5-10,12,16H,11H2,1-4H3,(H,23,25)/t16-/m1/s1. The molecule has 0 aliphatic rings. The van der Waals surface area contributed by atoms with Crippen molar-refractivity contribution in [1.29, 1.82) is 0 Å². The lowest BCUT2D eigenvalue weighted by Crippen LogP contribution is -2.30. The zero-order chi connectivity index (χ0) is 19.6. The second kappa shape index (κ2) is 7.66. The number of esters is 1. The maximum absolute atomic E-state index is 12.3. The van der Waals surface area contributed by atoms with Crippen LogP contribution in [0.4, 0.5) is 5.69 Å². The van der Waals surface area contributed by atoms with Crippen LogP contribution < -0.4 is 5.32 Å². The average Bonchev–Trinajstić information content (AvgIpc) is 3.03. The number of carbonyl (C=O) groups is 2. The Labute approximate surface area is 158 Å². The van der Waals surface area contributed by atoms with Gasteiger partial charge in [-0.3, -0.25) is 9.59 Å². The number of aryl methyl sites for hydroxylation is 3. The molecule has 2 aromatic carbocycles. The van der Waals surface area contributed by atoms with E-state index in [1.807, 2.05) is 57.2 Å². The fourth-order valence-corrected chi connectivity index (χ4v) is 2.85. The van der Waals surface area contributed by atoms with Gasteiger partial charge in [-0.1, -0.05) is 29.8 Å². The van der Waals surface area contributed by atoms with Crippen LogP contribution in [0.1, 0.15) is 29.2 Å². The van der Waals surface area contributed by atoms with Crippen molar-refractivity contribution in [2.24, 2.45) is 0 Å². The minimum absolute atomic E-state index is 0.0532. The summed E-state index contributed by atoms with van der Waals surface area (Å²) in [5, 5.41) is 3.64. The highest BCUT2D eigenvalue weighted by Gasteiger charge is 2.20. The Morgan fingerprint density at radius 3 is 2.48 bits per heavy atom. The van der Waals surface area contributed by atoms with Crippen molar-refractivity contribution in [3.63, 3.8) is 0 Å². The number of carbonyl (C=O) groups excluding carboxylic acids is 2. The summed E-state index contributed by atoms with van der Waals surface area (Å²) < 4.78 is 10.9. The van der Waals surface area contributed by atoms with Crippen molar-refractivity contribution < 1.29 is 18.7 Å². The Morgan fingerprint density at radius 1 is 1.07 bits per heavy atom. The summed E-state index contributed by atoms with van der Waals surface area (Å²) in [6, 6.07) is 11.4. The first-order valence-corrected chi connectivity index (χ1v) is 8.88. The SMILES string of the molecule is Cc1ccc(NC(=O)[C@@H](C)OC(=O)Cc2coc3c(C)c(C)ccc23)cc1. The summed E-state index contributed by atoms with van der Waals surface area (Å²) in [7, 11) is 0. The van der Waals surface area contributed by atoms with E-state index in [-0.39, 0.29) is 12.3 Å². The topological polar surface area (TPSA) is 68.5 Å². The Kier molecular flexibility index (Phi) is 5.31. The van der Waals surface area contributed by atoms with Crippen LogP contribution in [-0.4, -0.2) is 18.0 Å². The quantitative estimate of drug-likeness (QED) is 0.677. The number of benzene rings is 2. The van der Waals surface area contributed by atoms with E-state index in [1.54, 1.807) is 13.2 Å². The molecular weight excluding hydrogens is 342 g/mol. The van der Waals surface area contributed by atoms with Gasteiger partial charge in [0.05, 0.1) is 12.7 Å². The van der Waals surface area contributed by atoms with Crippen LogP contribution in [-0.2, 0) is 20.7 Å². The molecule has 1 N–H and O–H groups in total. The zero-order valence-electron chi connectivity index (χ0n) is 16.0. The molecule has 3 rings (SSSR count). The van der Waals surface area contributed by atoms with Gasteiger partial charge in [-0.25, -0.2) is 0 Å². The molecule has 0 aliphatic carbocycles. The van der Waals surface area contributed by atoms with E-state index in [1.165, 1.54) is 0 Å². The fraction of sp³-hybridized carbons (Fsp3) is 0.273. The number of hydrogen-bond donors (Lipinski definition) is 1. The minimum atomic E-state index is -0.888. The van der Waals surface area contributed by atoms with Gasteiger partial charge < -0.3 is 14.5 Å². The molecule has 0 fully saturated rings. The summed E-state index contributed by atoms with van der Waals surface area (Å²) in [6.45, 7) is 7.53. The van der Waals surface area contributed by atoms with Gasteiger partial charge in [-0.05, 0) is 51.0 Å². The predicted molar refractivity (Wildman–Crippen MR) is 105 cm³/mol. The Bertz CT molecular complexity index is 985. The van der Waals surface area contributed by atoms with Crippen LogP contribution in [0.5, 0.6) is 0 Å². The van der Waals surface area contributed by atoms with E-state index >= 15 is 0 Å². The highest BCUT2D eigenvalue weighted by Crippen LogP contribution is 2.27. The molecule has 1 aromatic heterocycles. The highest BCUT2D eigenvalue weighted by molar-refractivity contribution is 5.95. The molecule has 0 radical (unpaired) electrons. The van der Waals surface area contributed by atoms with Gasteiger partial charge in [0, 0.05) is 16.6 Å². The summed E-state index contributed by atoms with van der Waals surface area (Å²) >= 11 is 0. The Morgan fingerprint density at radius 2 is 1.78 bits per heavy atom. The Balaban J connectivity index is 1.62. The lowest BCUT2D eigenvalue weighted by Gasteiger charge is -2.13. The van der Waals surface area contributed by atoms with Gasteiger partial charge in [0.1, 0.15) is 5.58 Å². The molecule has 0 bridgehead atoms. The smallest absolute Gasteiger partial charge is 0.311 e. The van der Waals surface area contributed by atoms with Gasteiger partial charge in [0.15, 0.2) is 6.10 Å². The van der Waals surface area contributed by atoms with E-state index in [4.69, 9.17) is 9.15 Å². The predicted octanol–water partition coefficient (Wildman–Crippen LogP) is 4.47. The van der Waals surface area contributed by atoms with Crippen molar-refractivity contribution in [1.82, 2.24) is 0 Å². The number of fused-ring (bicyclic) bond motifs is 1. The molecule has 3 aromatic rings. The van der Waals surface area contributed by atoms with Crippen LogP contribution in [0.25, 0.3) is 11.0 Å². The molecule has 0 aliphatic heterocycles. The van der Waals surface area contributed by atoms with E-state index in [2.05, 4.69) is 5.32 Å². The second-order valence-electron chi connectivity index (χ2n) is 6.81. The molecule has 1 atom stereocenters. The maximum atomic E-state index is 12.3. The van der Waals surface area contributed by atoms with Crippen molar-refractivity contribution in [3.05, 3.63) is 64.9 Å². The third kappa shape index (κ3) is 4.19. The van der Waals surface area contributed by atoms with Crippen molar-refractivity contribution in [2.75, 3.05) is 5.32 Å². The van der Waals surface area contributed by atoms with Crippen molar-refractivity contribution in [3.8, 4) is 0 Å². The molecule has 5 nitrogen and oxygen atoms in total. The van der Waals surface area contributed by atoms with E-state index < -0.39 is 12.1 Å². The summed E-state index contributed by atoms with van der Waals surface area (Å²) in [6.07, 6.45) is 0.744. The molecule has 0 unspecified atom stereocenters. The first-order valence-electron chi connectivity index (χ1n) is 8.88. The summed E-state index contributed by atoms with van der Waals surface area (Å²) in [4.78, 5) is 24.5. The third-order valence-corrected chi connectivity index (χ3v) is 4.67. The molecule has 0 spiro atoms. The first kappa shape index (κ1) is 18.7. The van der Waals surface area contributed by atoms with Gasteiger partial charge in [0.25, 0.3) is 5.91 Å². The van der Waals surface area contributed by atoms with Gasteiger partial charge in [-0.2, -0.15) is 0 Å². The fourth-order valence-electron chi connectivity index (χ4n) is 2.85. The molecule has 5 heteroatoms. The molecule has 0 saturated heterocycles. The summed E-state index contributed by atoms with van der Waals surface area (Å²) in [5.41, 5.74) is 5.49. The van der Waals surface area contributed by atoms with Crippen LogP contribution >= 0.6 is 0 Å². The minimum Gasteiger partial charge on any atom is -0.464 e. The maximum Gasteiger partial charge on any atom is 0.311 e. The van der Waals surface area contributed by atoms with Crippen LogP contribution in [0.2, 0.25) is 0 Å².